The number of nitrogens with one attached hydrogen (secondary N) is 1. The molecule has 0 aliphatic carbocycles. The summed E-state index contributed by atoms with van der Waals surface area (Å²) >= 11 is 0. The van der Waals surface area contributed by atoms with Crippen molar-refractivity contribution in [1.29, 1.82) is 0 Å². The van der Waals surface area contributed by atoms with E-state index in [1.165, 1.54) is 36.5 Å². The highest BCUT2D eigenvalue weighted by molar-refractivity contribution is 7.90. The van der Waals surface area contributed by atoms with E-state index in [0.717, 1.165) is 17.5 Å². The number of carbonyl (C=O) groups is 2. The summed E-state index contributed by atoms with van der Waals surface area (Å²) in [4.78, 5) is 36.2. The van der Waals surface area contributed by atoms with E-state index in [0.29, 0.717) is 49.4 Å². The van der Waals surface area contributed by atoms with Crippen LogP contribution in [0.3, 0.4) is 0 Å². The van der Waals surface area contributed by atoms with Crippen LogP contribution in [0.1, 0.15) is 44.9 Å². The lowest BCUT2D eigenvalue weighted by Crippen LogP contribution is -2.42. The summed E-state index contributed by atoms with van der Waals surface area (Å²) < 4.78 is 42.3. The summed E-state index contributed by atoms with van der Waals surface area (Å²) in [7, 11) is -3.27. The molecule has 0 unspecified atom stereocenters. The Morgan fingerprint density at radius 1 is 0.929 bits per heavy atom. The molecule has 1 fully saturated rings. The third kappa shape index (κ3) is 7.35. The Labute approximate surface area is 243 Å². The SMILES string of the molecule is CS(=O)(=O)c1ccc(OC2CCN(C(=O)c3ccc(C(=O)Nc4ccc(Cc5ccc(F)cc5)nc4)cn3)CC2)cc1. The number of rotatable bonds is 8. The van der Waals surface area contributed by atoms with Crippen molar-refractivity contribution in [2.75, 3.05) is 24.7 Å². The van der Waals surface area contributed by atoms with E-state index in [9.17, 15) is 22.4 Å². The van der Waals surface area contributed by atoms with Crippen LogP contribution in [0, 0.1) is 5.82 Å². The van der Waals surface area contributed by atoms with Crippen molar-refractivity contribution in [1.82, 2.24) is 14.9 Å². The molecule has 2 amide bonds. The van der Waals surface area contributed by atoms with E-state index in [1.54, 1.807) is 53.6 Å². The maximum Gasteiger partial charge on any atom is 0.272 e. The second kappa shape index (κ2) is 12.5. The molecule has 5 rings (SSSR count). The number of anilines is 1. The maximum absolute atomic E-state index is 13.1. The van der Waals surface area contributed by atoms with Crippen LogP contribution in [0.15, 0.2) is 90.1 Å². The van der Waals surface area contributed by atoms with Gasteiger partial charge >= 0.3 is 0 Å². The van der Waals surface area contributed by atoms with Gasteiger partial charge in [0.2, 0.25) is 0 Å². The smallest absolute Gasteiger partial charge is 0.272 e. The molecule has 4 aromatic rings. The van der Waals surface area contributed by atoms with Gasteiger partial charge in [0.15, 0.2) is 9.84 Å². The molecule has 1 aliphatic rings. The summed E-state index contributed by atoms with van der Waals surface area (Å²) in [6.07, 6.45) is 5.77. The van der Waals surface area contributed by atoms with Gasteiger partial charge in [-0.25, -0.2) is 12.8 Å². The van der Waals surface area contributed by atoms with Crippen LogP contribution < -0.4 is 10.1 Å². The molecule has 1 saturated heterocycles. The fourth-order valence-electron chi connectivity index (χ4n) is 4.57. The zero-order chi connectivity index (χ0) is 29.7. The summed E-state index contributed by atoms with van der Waals surface area (Å²) in [5, 5.41) is 2.77. The lowest BCUT2D eigenvalue weighted by Gasteiger charge is -2.32. The number of hydrogen-bond donors (Lipinski definition) is 1. The molecular formula is C31H29FN4O5S. The van der Waals surface area contributed by atoms with Gasteiger partial charge in [0.25, 0.3) is 11.8 Å². The first kappa shape index (κ1) is 28.9. The van der Waals surface area contributed by atoms with Crippen molar-refractivity contribution < 1.29 is 27.1 Å². The number of amides is 2. The zero-order valence-corrected chi connectivity index (χ0v) is 23.7. The first-order valence-corrected chi connectivity index (χ1v) is 15.3. The molecule has 0 radical (unpaired) electrons. The molecule has 216 valence electrons. The Hall–Kier alpha value is -4.64. The molecule has 9 nitrogen and oxygen atoms in total. The molecule has 2 aromatic heterocycles. The van der Waals surface area contributed by atoms with Crippen molar-refractivity contribution in [2.24, 2.45) is 0 Å². The summed E-state index contributed by atoms with van der Waals surface area (Å²) in [5.74, 6) is -0.309. The second-order valence-corrected chi connectivity index (χ2v) is 12.1. The highest BCUT2D eigenvalue weighted by atomic mass is 32.2. The molecule has 0 bridgehead atoms. The number of pyridine rings is 2. The number of nitrogens with zero attached hydrogens (tertiary/aromatic N) is 3. The molecule has 11 heteroatoms. The van der Waals surface area contributed by atoms with Crippen molar-refractivity contribution >= 4 is 27.3 Å². The molecule has 0 atom stereocenters. The van der Waals surface area contributed by atoms with Crippen molar-refractivity contribution in [3.05, 3.63) is 114 Å². The maximum atomic E-state index is 13.1. The highest BCUT2D eigenvalue weighted by Gasteiger charge is 2.25. The number of benzene rings is 2. The van der Waals surface area contributed by atoms with Gasteiger partial charge in [0, 0.05) is 50.5 Å². The third-order valence-corrected chi connectivity index (χ3v) is 8.04. The van der Waals surface area contributed by atoms with Crippen LogP contribution in [-0.4, -0.2) is 60.5 Å². The summed E-state index contributed by atoms with van der Waals surface area (Å²) in [5.41, 5.74) is 2.77. The normalized spacial score (nSPS) is 13.9. The Balaban J connectivity index is 1.10. The van der Waals surface area contributed by atoms with E-state index in [1.807, 2.05) is 0 Å². The Kier molecular flexibility index (Phi) is 8.58. The Morgan fingerprint density at radius 2 is 1.64 bits per heavy atom. The van der Waals surface area contributed by atoms with Gasteiger partial charge < -0.3 is 15.0 Å². The van der Waals surface area contributed by atoms with E-state index in [-0.39, 0.29) is 34.3 Å². The first-order valence-electron chi connectivity index (χ1n) is 13.4. The summed E-state index contributed by atoms with van der Waals surface area (Å²) in [6.45, 7) is 0.970. The van der Waals surface area contributed by atoms with E-state index in [2.05, 4.69) is 15.3 Å². The minimum absolute atomic E-state index is 0.0939. The zero-order valence-electron chi connectivity index (χ0n) is 22.9. The van der Waals surface area contributed by atoms with Crippen LogP contribution in [0.2, 0.25) is 0 Å². The van der Waals surface area contributed by atoms with E-state index >= 15 is 0 Å². The number of aromatic nitrogens is 2. The van der Waals surface area contributed by atoms with Gasteiger partial charge in [-0.3, -0.25) is 19.6 Å². The quantitative estimate of drug-likeness (QED) is 0.321. The topological polar surface area (TPSA) is 119 Å². The molecule has 42 heavy (non-hydrogen) atoms. The van der Waals surface area contributed by atoms with Crippen LogP contribution in [0.4, 0.5) is 10.1 Å². The van der Waals surface area contributed by atoms with E-state index < -0.39 is 9.84 Å². The van der Waals surface area contributed by atoms with Gasteiger partial charge in [-0.1, -0.05) is 12.1 Å². The van der Waals surface area contributed by atoms with Gasteiger partial charge in [0.05, 0.1) is 22.3 Å². The highest BCUT2D eigenvalue weighted by Crippen LogP contribution is 2.22. The molecular weight excluding hydrogens is 559 g/mol. The van der Waals surface area contributed by atoms with Crippen LogP contribution >= 0.6 is 0 Å². The van der Waals surface area contributed by atoms with Gasteiger partial charge in [-0.2, -0.15) is 0 Å². The van der Waals surface area contributed by atoms with Crippen LogP contribution in [-0.2, 0) is 16.3 Å². The minimum Gasteiger partial charge on any atom is -0.490 e. The van der Waals surface area contributed by atoms with E-state index in [4.69, 9.17) is 4.74 Å². The third-order valence-electron chi connectivity index (χ3n) is 6.91. The van der Waals surface area contributed by atoms with Gasteiger partial charge in [0.1, 0.15) is 23.4 Å². The van der Waals surface area contributed by atoms with Gasteiger partial charge in [-0.05, 0) is 66.2 Å². The molecule has 0 spiro atoms. The standard InChI is InChI=1S/C31H29FN4O5S/c1-42(39,40)28-11-9-26(10-12-28)41-27-14-16-36(17-15-27)31(38)29-13-4-22(19-34-29)30(37)35-25-8-7-24(33-20-25)18-21-2-5-23(32)6-3-21/h2-13,19-20,27H,14-18H2,1H3,(H,35,37). The second-order valence-electron chi connectivity index (χ2n) is 10.1. The fourth-order valence-corrected chi connectivity index (χ4v) is 5.20. The molecule has 2 aromatic carbocycles. The van der Waals surface area contributed by atoms with Crippen LogP contribution in [0.25, 0.3) is 0 Å². The van der Waals surface area contributed by atoms with Gasteiger partial charge in [-0.15, -0.1) is 0 Å². The number of likely N-dealkylation sites (tertiary alicyclic amines) is 1. The number of sulfone groups is 1. The largest absolute Gasteiger partial charge is 0.490 e. The number of ether oxygens (including phenoxy) is 1. The number of piperidine rings is 1. The van der Waals surface area contributed by atoms with Crippen molar-refractivity contribution in [3.8, 4) is 5.75 Å². The van der Waals surface area contributed by atoms with Crippen LogP contribution in [0.5, 0.6) is 5.75 Å². The Morgan fingerprint density at radius 3 is 2.24 bits per heavy atom. The molecule has 1 aliphatic heterocycles. The van der Waals surface area contributed by atoms with Crippen molar-refractivity contribution in [2.45, 2.75) is 30.3 Å². The molecule has 3 heterocycles. The lowest BCUT2D eigenvalue weighted by molar-refractivity contribution is 0.0589. The number of halogens is 1. The average Bonchev–Trinajstić information content (AvgIpc) is 2.99. The predicted molar refractivity (Wildman–Crippen MR) is 155 cm³/mol. The number of carbonyl (C=O) groups excluding carboxylic acids is 2. The average molecular weight is 589 g/mol. The summed E-state index contributed by atoms with van der Waals surface area (Å²) in [6, 6.07) is 19.2. The minimum atomic E-state index is -3.27. The predicted octanol–water partition coefficient (Wildman–Crippen LogP) is 4.55. The monoisotopic (exact) mass is 588 g/mol. The lowest BCUT2D eigenvalue weighted by atomic mass is 10.1. The Bertz CT molecular complexity index is 1650. The van der Waals surface area contributed by atoms with Crippen molar-refractivity contribution in [3.63, 3.8) is 0 Å². The first-order chi connectivity index (χ1) is 20.1. The number of hydrogen-bond acceptors (Lipinski definition) is 7. The molecule has 0 saturated carbocycles. The fraction of sp³-hybridized carbons (Fsp3) is 0.226. The molecule has 1 N–H and O–H groups in total.